The summed E-state index contributed by atoms with van der Waals surface area (Å²) < 4.78 is 8.08. The second-order valence-electron chi connectivity index (χ2n) is 7.03. The molecular formula is C16H28N4O. The Morgan fingerprint density at radius 2 is 2.33 bits per heavy atom. The topological polar surface area (TPSA) is 52.0 Å². The maximum atomic E-state index is 6.03. The van der Waals surface area contributed by atoms with Crippen LogP contribution in [-0.4, -0.2) is 33.5 Å². The van der Waals surface area contributed by atoms with E-state index in [1.165, 1.54) is 12.8 Å². The minimum absolute atomic E-state index is 0.204. The van der Waals surface area contributed by atoms with E-state index in [0.29, 0.717) is 18.2 Å². The number of ether oxygens (including phenoxy) is 1. The molecule has 0 unspecified atom stereocenters. The van der Waals surface area contributed by atoms with Crippen LogP contribution in [0.1, 0.15) is 64.7 Å². The van der Waals surface area contributed by atoms with Gasteiger partial charge in [0.05, 0.1) is 12.1 Å². The fraction of sp³-hybridized carbons (Fsp3) is 0.875. The van der Waals surface area contributed by atoms with Crippen LogP contribution in [0.25, 0.3) is 0 Å². The molecule has 1 saturated carbocycles. The number of nitrogens with zero attached hydrogens (tertiary/aromatic N) is 3. The first-order valence-electron chi connectivity index (χ1n) is 8.38. The predicted octanol–water partition coefficient (Wildman–Crippen LogP) is 2.69. The van der Waals surface area contributed by atoms with Gasteiger partial charge in [0.15, 0.2) is 0 Å². The normalized spacial score (nSPS) is 30.7. The van der Waals surface area contributed by atoms with Gasteiger partial charge in [-0.25, -0.2) is 9.67 Å². The zero-order chi connectivity index (χ0) is 14.9. The lowest BCUT2D eigenvalue weighted by Crippen LogP contribution is -2.61. The zero-order valence-electron chi connectivity index (χ0n) is 13.5. The Morgan fingerprint density at radius 1 is 1.48 bits per heavy atom. The molecule has 0 amide bonds. The molecule has 2 heterocycles. The minimum Gasteiger partial charge on any atom is -0.378 e. The largest absolute Gasteiger partial charge is 0.378 e. The first-order valence-corrected chi connectivity index (χ1v) is 8.38. The van der Waals surface area contributed by atoms with Crippen molar-refractivity contribution in [2.24, 2.45) is 5.41 Å². The van der Waals surface area contributed by atoms with Gasteiger partial charge < -0.3 is 10.1 Å². The number of hydrogen-bond donors (Lipinski definition) is 1. The lowest BCUT2D eigenvalue weighted by molar-refractivity contribution is -0.121. The van der Waals surface area contributed by atoms with Crippen molar-refractivity contribution in [2.75, 3.05) is 6.61 Å². The summed E-state index contributed by atoms with van der Waals surface area (Å²) in [5.74, 6) is 1.10. The van der Waals surface area contributed by atoms with Crippen LogP contribution < -0.4 is 5.32 Å². The lowest BCUT2D eigenvalue weighted by atomic mass is 9.64. The Morgan fingerprint density at radius 3 is 3.10 bits per heavy atom. The highest BCUT2D eigenvalue weighted by Crippen LogP contribution is 2.44. The molecule has 21 heavy (non-hydrogen) atoms. The quantitative estimate of drug-likeness (QED) is 0.819. The van der Waals surface area contributed by atoms with E-state index in [1.807, 2.05) is 4.68 Å². The molecule has 3 atom stereocenters. The zero-order valence-corrected chi connectivity index (χ0v) is 13.5. The van der Waals surface area contributed by atoms with Gasteiger partial charge in [-0.3, -0.25) is 0 Å². The van der Waals surface area contributed by atoms with Gasteiger partial charge in [0.2, 0.25) is 0 Å². The van der Waals surface area contributed by atoms with Crippen LogP contribution in [0.5, 0.6) is 0 Å². The van der Waals surface area contributed by atoms with Crippen LogP contribution in [0, 0.1) is 5.41 Å². The molecule has 5 nitrogen and oxygen atoms in total. The Balaban J connectivity index is 1.56. The smallest absolute Gasteiger partial charge is 0.143 e. The molecule has 1 aliphatic heterocycles. The summed E-state index contributed by atoms with van der Waals surface area (Å²) in [5.41, 5.74) is 0.204. The van der Waals surface area contributed by atoms with Gasteiger partial charge in [0.1, 0.15) is 12.2 Å². The Kier molecular flexibility index (Phi) is 4.31. The highest BCUT2D eigenvalue weighted by atomic mass is 16.5. The third kappa shape index (κ3) is 2.86. The predicted molar refractivity (Wildman–Crippen MR) is 82.0 cm³/mol. The average molecular weight is 292 g/mol. The fourth-order valence-electron chi connectivity index (χ4n) is 3.51. The molecule has 0 saturated heterocycles. The Hall–Kier alpha value is -0.940. The number of aryl methyl sites for hydroxylation is 1. The van der Waals surface area contributed by atoms with Gasteiger partial charge in [-0.05, 0) is 25.7 Å². The van der Waals surface area contributed by atoms with Crippen LogP contribution in [0.4, 0.5) is 0 Å². The third-order valence-corrected chi connectivity index (χ3v) is 5.22. The molecule has 0 bridgehead atoms. The van der Waals surface area contributed by atoms with Crippen LogP contribution in [0.15, 0.2) is 6.33 Å². The van der Waals surface area contributed by atoms with E-state index in [-0.39, 0.29) is 5.41 Å². The molecule has 5 heteroatoms. The van der Waals surface area contributed by atoms with Crippen molar-refractivity contribution in [2.45, 2.75) is 77.6 Å². The summed E-state index contributed by atoms with van der Waals surface area (Å²) in [6.45, 7) is 8.74. The van der Waals surface area contributed by atoms with Gasteiger partial charge in [-0.15, -0.1) is 0 Å². The molecular weight excluding hydrogens is 264 g/mol. The number of hydrogen-bond acceptors (Lipinski definition) is 4. The van der Waals surface area contributed by atoms with Crippen molar-refractivity contribution in [1.82, 2.24) is 20.1 Å². The molecule has 1 aromatic heterocycles. The van der Waals surface area contributed by atoms with E-state index < -0.39 is 0 Å². The molecule has 0 aromatic carbocycles. The molecule has 3 rings (SSSR count). The highest BCUT2D eigenvalue weighted by Gasteiger charge is 2.49. The molecule has 1 fully saturated rings. The number of unbranched alkanes of at least 4 members (excludes halogenated alkanes) is 1. The summed E-state index contributed by atoms with van der Waals surface area (Å²) in [4.78, 5) is 4.44. The van der Waals surface area contributed by atoms with Crippen molar-refractivity contribution < 1.29 is 4.74 Å². The van der Waals surface area contributed by atoms with Crippen molar-refractivity contribution in [1.29, 1.82) is 0 Å². The van der Waals surface area contributed by atoms with Gasteiger partial charge in [0, 0.05) is 24.6 Å². The first-order chi connectivity index (χ1) is 10.1. The second kappa shape index (κ2) is 6.05. The van der Waals surface area contributed by atoms with E-state index in [0.717, 1.165) is 38.2 Å². The van der Waals surface area contributed by atoms with Crippen molar-refractivity contribution in [3.05, 3.63) is 12.2 Å². The van der Waals surface area contributed by atoms with E-state index >= 15 is 0 Å². The summed E-state index contributed by atoms with van der Waals surface area (Å²) in [5, 5.41) is 8.11. The van der Waals surface area contributed by atoms with Gasteiger partial charge >= 0.3 is 0 Å². The monoisotopic (exact) mass is 292 g/mol. The molecule has 0 radical (unpaired) electrons. The van der Waals surface area contributed by atoms with Gasteiger partial charge in [0.25, 0.3) is 0 Å². The van der Waals surface area contributed by atoms with Crippen molar-refractivity contribution in [3.8, 4) is 0 Å². The molecule has 1 N–H and O–H groups in total. The number of nitrogens with one attached hydrogen (secondary N) is 1. The number of aromatic nitrogens is 3. The highest BCUT2D eigenvalue weighted by molar-refractivity contribution is 5.07. The maximum Gasteiger partial charge on any atom is 0.143 e. The van der Waals surface area contributed by atoms with Gasteiger partial charge in [-0.2, -0.15) is 5.10 Å². The molecule has 0 spiro atoms. The first kappa shape index (κ1) is 15.0. The van der Waals surface area contributed by atoms with E-state index in [4.69, 9.17) is 4.74 Å². The van der Waals surface area contributed by atoms with Gasteiger partial charge in [-0.1, -0.05) is 27.2 Å². The van der Waals surface area contributed by atoms with Crippen LogP contribution in [0.3, 0.4) is 0 Å². The summed E-state index contributed by atoms with van der Waals surface area (Å²) >= 11 is 0. The summed E-state index contributed by atoms with van der Waals surface area (Å²) in [6, 6.07) is 0.861. The lowest BCUT2D eigenvalue weighted by Gasteiger charge is -2.53. The summed E-state index contributed by atoms with van der Waals surface area (Å²) in [6.07, 6.45) is 7.88. The average Bonchev–Trinajstić information content (AvgIpc) is 2.94. The van der Waals surface area contributed by atoms with Crippen LogP contribution in [0.2, 0.25) is 0 Å². The molecule has 1 aliphatic carbocycles. The van der Waals surface area contributed by atoms with Crippen LogP contribution in [-0.2, 0) is 11.3 Å². The summed E-state index contributed by atoms with van der Waals surface area (Å²) in [7, 11) is 0. The molecule has 1 aromatic rings. The number of rotatable bonds is 6. The second-order valence-corrected chi connectivity index (χ2v) is 7.03. The van der Waals surface area contributed by atoms with E-state index in [2.05, 4.69) is 36.2 Å². The minimum atomic E-state index is 0.204. The van der Waals surface area contributed by atoms with Crippen molar-refractivity contribution >= 4 is 0 Å². The van der Waals surface area contributed by atoms with Crippen LogP contribution >= 0.6 is 0 Å². The van der Waals surface area contributed by atoms with Crippen molar-refractivity contribution in [3.63, 3.8) is 0 Å². The van der Waals surface area contributed by atoms with E-state index in [1.54, 1.807) is 6.33 Å². The maximum absolute atomic E-state index is 6.03. The Labute approximate surface area is 127 Å². The molecule has 118 valence electrons. The Bertz CT molecular complexity index is 471. The standard InChI is InChI=1S/C16H28N4O/c1-4-5-9-21-14-10-13(16(14,2)3)19-12-7-6-8-20-15(12)17-11-18-20/h11-14,19H,4-10H2,1-3H3/t12-,13+,14-/m1/s1. The molecule has 2 aliphatic rings. The fourth-order valence-corrected chi connectivity index (χ4v) is 3.51. The third-order valence-electron chi connectivity index (χ3n) is 5.22. The van der Waals surface area contributed by atoms with E-state index in [9.17, 15) is 0 Å². The number of fused-ring (bicyclic) bond motifs is 1. The SMILES string of the molecule is CCCCO[C@@H]1C[C@H](N[C@@H]2CCCn3ncnc32)C1(C)C.